The van der Waals surface area contributed by atoms with E-state index in [1.807, 2.05) is 13.0 Å². The molecular weight excluding hydrogens is 556 g/mol. The minimum Gasteiger partial charge on any atom is -0.455 e. The van der Waals surface area contributed by atoms with Gasteiger partial charge in [0.15, 0.2) is 0 Å². The number of esters is 1. The first-order valence-electron chi connectivity index (χ1n) is 18.6. The summed E-state index contributed by atoms with van der Waals surface area (Å²) in [4.78, 5) is 11.6. The lowest BCUT2D eigenvalue weighted by Gasteiger charge is -2.24. The minimum atomic E-state index is -0.447. The average Bonchev–Trinajstić information content (AvgIpc) is 3.76. The highest BCUT2D eigenvalue weighted by molar-refractivity contribution is 5.90. The van der Waals surface area contributed by atoms with Gasteiger partial charge in [-0.15, -0.1) is 0 Å². The van der Waals surface area contributed by atoms with Gasteiger partial charge in [-0.2, -0.15) is 0 Å². The van der Waals surface area contributed by atoms with Crippen molar-refractivity contribution in [2.45, 2.75) is 217 Å². The first-order chi connectivity index (χ1) is 21.4. The zero-order valence-corrected chi connectivity index (χ0v) is 28.1. The maximum absolute atomic E-state index is 11.6. The molecule has 0 aromatic heterocycles. The van der Waals surface area contributed by atoms with E-state index < -0.39 is 12.2 Å². The summed E-state index contributed by atoms with van der Waals surface area (Å²) >= 11 is 0. The van der Waals surface area contributed by atoms with E-state index in [1.54, 1.807) is 0 Å². The van der Waals surface area contributed by atoms with Gasteiger partial charge < -0.3 is 29.5 Å². The lowest BCUT2D eigenvalue weighted by atomic mass is 10.00. The number of rotatable bonds is 25. The third-order valence-corrected chi connectivity index (χ3v) is 10.1. The van der Waals surface area contributed by atoms with Crippen LogP contribution in [0.1, 0.15) is 168 Å². The fourth-order valence-electron chi connectivity index (χ4n) is 7.27. The third-order valence-electron chi connectivity index (χ3n) is 10.1. The summed E-state index contributed by atoms with van der Waals surface area (Å²) in [6.07, 6.45) is 25.8. The number of unbranched alkanes of at least 4 members (excludes halogenated alkanes) is 12. The predicted molar refractivity (Wildman–Crippen MR) is 175 cm³/mol. The summed E-state index contributed by atoms with van der Waals surface area (Å²) in [7, 11) is 0. The predicted octanol–water partition coefficient (Wildman–Crippen LogP) is 7.86. The van der Waals surface area contributed by atoms with Crippen LogP contribution in [-0.2, 0) is 19.0 Å². The average molecular weight is 623 g/mol. The Balaban J connectivity index is 1.13. The molecule has 2 fully saturated rings. The van der Waals surface area contributed by atoms with Crippen LogP contribution in [0, 0.1) is 0 Å². The molecule has 0 aliphatic carbocycles. The van der Waals surface area contributed by atoms with Gasteiger partial charge in [0.2, 0.25) is 0 Å². The van der Waals surface area contributed by atoms with Gasteiger partial charge in [-0.3, -0.25) is 0 Å². The van der Waals surface area contributed by atoms with E-state index in [9.17, 15) is 20.1 Å². The van der Waals surface area contributed by atoms with Gasteiger partial charge in [-0.25, -0.2) is 4.79 Å². The van der Waals surface area contributed by atoms with Crippen LogP contribution >= 0.6 is 0 Å². The van der Waals surface area contributed by atoms with E-state index >= 15 is 0 Å². The molecule has 0 aromatic carbocycles. The topological polar surface area (TPSA) is 105 Å². The lowest BCUT2D eigenvalue weighted by Crippen LogP contribution is -2.33. The molecule has 3 aliphatic heterocycles. The molecular formula is C37H66O7. The standard InChI is InChI=1S/C37H66O7/c1-3-4-13-19-30(38)20-16-17-22-32(40)34-24-26-36(44-34)35-25-23-33(43-35)31(39)21-15-12-10-8-6-5-7-9-11-14-18-29-27-28(2)42-37(29)41/h27-28,30-36,38-40H,3-26H2,1-2H3/t28-,30-,31-,32+,33-,34-,35-,36-/m1/s1. The van der Waals surface area contributed by atoms with Crippen LogP contribution in [0.3, 0.4) is 0 Å². The number of aliphatic hydroxyl groups is 3. The summed E-state index contributed by atoms with van der Waals surface area (Å²) in [6.45, 7) is 4.09. The molecule has 3 N–H and O–H groups in total. The van der Waals surface area contributed by atoms with Crippen molar-refractivity contribution in [1.29, 1.82) is 0 Å². The molecule has 0 aromatic rings. The van der Waals surface area contributed by atoms with E-state index in [4.69, 9.17) is 14.2 Å². The molecule has 0 radical (unpaired) electrons. The molecule has 0 saturated carbocycles. The maximum atomic E-state index is 11.6. The van der Waals surface area contributed by atoms with Gasteiger partial charge >= 0.3 is 5.97 Å². The van der Waals surface area contributed by atoms with Crippen LogP contribution < -0.4 is 0 Å². The number of hydrogen-bond acceptors (Lipinski definition) is 7. The van der Waals surface area contributed by atoms with Crippen molar-refractivity contribution in [1.82, 2.24) is 0 Å². The molecule has 0 spiro atoms. The zero-order chi connectivity index (χ0) is 31.6. The first kappa shape index (κ1) is 37.5. The quantitative estimate of drug-likeness (QED) is 0.0703. The van der Waals surface area contributed by atoms with Gasteiger partial charge in [0.25, 0.3) is 0 Å². The van der Waals surface area contributed by atoms with Gasteiger partial charge in [0, 0.05) is 5.57 Å². The largest absolute Gasteiger partial charge is 0.455 e. The summed E-state index contributed by atoms with van der Waals surface area (Å²) in [6, 6.07) is 0. The molecule has 7 nitrogen and oxygen atoms in total. The number of carbonyl (C=O) groups excluding carboxylic acids is 1. The zero-order valence-electron chi connectivity index (χ0n) is 28.1. The Kier molecular flexibility index (Phi) is 18.5. The number of carbonyl (C=O) groups is 1. The second kappa shape index (κ2) is 21.7. The van der Waals surface area contributed by atoms with Gasteiger partial charge in [0.05, 0.1) is 42.7 Å². The first-order valence-corrected chi connectivity index (χ1v) is 18.6. The van der Waals surface area contributed by atoms with Crippen LogP contribution in [0.15, 0.2) is 11.6 Å². The van der Waals surface area contributed by atoms with E-state index in [1.165, 1.54) is 64.2 Å². The van der Waals surface area contributed by atoms with Gasteiger partial charge in [0.1, 0.15) is 6.10 Å². The van der Waals surface area contributed by atoms with Crippen molar-refractivity contribution in [3.8, 4) is 0 Å². The molecule has 256 valence electrons. The highest BCUT2D eigenvalue weighted by Gasteiger charge is 2.40. The fraction of sp³-hybridized carbons (Fsp3) is 0.919. The Hall–Kier alpha value is -0.990. The lowest BCUT2D eigenvalue weighted by molar-refractivity contribution is -0.139. The minimum absolute atomic E-state index is 0.0274. The Morgan fingerprint density at radius 3 is 1.61 bits per heavy atom. The Bertz CT molecular complexity index is 801. The summed E-state index contributed by atoms with van der Waals surface area (Å²) in [5.74, 6) is -0.123. The smallest absolute Gasteiger partial charge is 0.334 e. The van der Waals surface area contributed by atoms with E-state index in [0.29, 0.717) is 0 Å². The Labute approximate surface area is 268 Å². The van der Waals surface area contributed by atoms with Crippen LogP contribution in [-0.4, -0.2) is 70.1 Å². The summed E-state index contributed by atoms with van der Waals surface area (Å²) < 4.78 is 17.7. The number of hydrogen-bond donors (Lipinski definition) is 3. The van der Waals surface area contributed by atoms with Crippen LogP contribution in [0.5, 0.6) is 0 Å². The highest BCUT2D eigenvalue weighted by Crippen LogP contribution is 2.34. The number of cyclic esters (lactones) is 1. The van der Waals surface area contributed by atoms with Crippen molar-refractivity contribution in [3.05, 3.63) is 11.6 Å². The number of ether oxygens (including phenoxy) is 3. The molecule has 0 unspecified atom stereocenters. The molecule has 44 heavy (non-hydrogen) atoms. The monoisotopic (exact) mass is 622 g/mol. The third kappa shape index (κ3) is 14.2. The van der Waals surface area contributed by atoms with Crippen molar-refractivity contribution < 1.29 is 34.3 Å². The number of aliphatic hydroxyl groups excluding tert-OH is 3. The molecule has 8 atom stereocenters. The SMILES string of the molecule is CCCCC[C@@H](O)CCCC[C@H](O)[C@H]1CC[C@H]([C@H]2CC[C@H]([C@H](O)CCCCCCCCCCCCC3=C[C@@H](C)OC3=O)O2)O1. The molecule has 0 amide bonds. The summed E-state index contributed by atoms with van der Waals surface area (Å²) in [5, 5.41) is 31.5. The molecule has 3 rings (SSSR count). The molecule has 3 heterocycles. The summed E-state index contributed by atoms with van der Waals surface area (Å²) in [5.41, 5.74) is 0.863. The highest BCUT2D eigenvalue weighted by atomic mass is 16.6. The molecule has 2 saturated heterocycles. The Morgan fingerprint density at radius 2 is 1.11 bits per heavy atom. The van der Waals surface area contributed by atoms with E-state index in [-0.39, 0.29) is 42.6 Å². The second-order valence-electron chi connectivity index (χ2n) is 14.0. The van der Waals surface area contributed by atoms with Crippen LogP contribution in [0.2, 0.25) is 0 Å². The van der Waals surface area contributed by atoms with Gasteiger partial charge in [-0.05, 0) is 77.2 Å². The second-order valence-corrected chi connectivity index (χ2v) is 14.0. The maximum Gasteiger partial charge on any atom is 0.334 e. The Morgan fingerprint density at radius 1 is 0.659 bits per heavy atom. The van der Waals surface area contributed by atoms with Crippen molar-refractivity contribution in [2.75, 3.05) is 0 Å². The van der Waals surface area contributed by atoms with Crippen LogP contribution in [0.4, 0.5) is 0 Å². The van der Waals surface area contributed by atoms with Crippen molar-refractivity contribution in [2.24, 2.45) is 0 Å². The molecule has 0 bridgehead atoms. The van der Waals surface area contributed by atoms with Crippen molar-refractivity contribution in [3.63, 3.8) is 0 Å². The normalized spacial score (nSPS) is 27.4. The fourth-order valence-corrected chi connectivity index (χ4v) is 7.27. The van der Waals surface area contributed by atoms with E-state index in [0.717, 1.165) is 95.5 Å². The molecule has 3 aliphatic rings. The van der Waals surface area contributed by atoms with Crippen molar-refractivity contribution >= 4 is 5.97 Å². The molecule has 7 heteroatoms. The van der Waals surface area contributed by atoms with E-state index in [2.05, 4.69) is 6.92 Å². The van der Waals surface area contributed by atoms with Gasteiger partial charge in [-0.1, -0.05) is 96.8 Å². The van der Waals surface area contributed by atoms with Crippen LogP contribution in [0.25, 0.3) is 0 Å².